The first-order valence-corrected chi connectivity index (χ1v) is 8.57. The third-order valence-electron chi connectivity index (χ3n) is 4.05. The van der Waals surface area contributed by atoms with Gasteiger partial charge in [-0.2, -0.15) is 0 Å². The van der Waals surface area contributed by atoms with Crippen molar-refractivity contribution in [3.05, 3.63) is 65.7 Å². The number of β-lactam (4-membered cyclic amide) rings is 1. The van der Waals surface area contributed by atoms with Crippen molar-refractivity contribution in [2.24, 2.45) is 5.92 Å². The Bertz CT molecular complexity index is 798. The van der Waals surface area contributed by atoms with Gasteiger partial charge in [0.25, 0.3) is 10.0 Å². The van der Waals surface area contributed by atoms with Crippen LogP contribution < -0.4 is 0 Å². The van der Waals surface area contributed by atoms with E-state index in [1.807, 2.05) is 37.3 Å². The fourth-order valence-electron chi connectivity index (χ4n) is 2.76. The summed E-state index contributed by atoms with van der Waals surface area (Å²) in [6.07, 6.45) is 0. The number of hydrogen-bond donors (Lipinski definition) is 0. The number of sulfonamides is 1. The molecule has 0 saturated carbocycles. The molecular weight excluding hydrogens is 298 g/mol. The first-order valence-electron chi connectivity index (χ1n) is 7.13. The van der Waals surface area contributed by atoms with Gasteiger partial charge in [0.1, 0.15) is 0 Å². The summed E-state index contributed by atoms with van der Waals surface area (Å²) in [6, 6.07) is 15.4. The number of nitrogens with zero attached hydrogens (tertiary/aromatic N) is 1. The maximum Gasteiger partial charge on any atom is 0.267 e. The lowest BCUT2D eigenvalue weighted by Crippen LogP contribution is -2.56. The van der Waals surface area contributed by atoms with E-state index in [1.54, 1.807) is 31.2 Å². The minimum atomic E-state index is -3.81. The fraction of sp³-hybridized carbons (Fsp3) is 0.235. The third kappa shape index (κ3) is 2.22. The highest BCUT2D eigenvalue weighted by Gasteiger charge is 2.51. The van der Waals surface area contributed by atoms with Gasteiger partial charge in [-0.05, 0) is 24.6 Å². The van der Waals surface area contributed by atoms with Gasteiger partial charge in [-0.25, -0.2) is 12.7 Å². The summed E-state index contributed by atoms with van der Waals surface area (Å²) in [5.41, 5.74) is 1.81. The van der Waals surface area contributed by atoms with E-state index in [2.05, 4.69) is 0 Å². The molecule has 5 heteroatoms. The maximum atomic E-state index is 12.8. The number of aryl methyl sites for hydroxylation is 1. The van der Waals surface area contributed by atoms with E-state index >= 15 is 0 Å². The quantitative estimate of drug-likeness (QED) is 0.818. The molecule has 0 radical (unpaired) electrons. The third-order valence-corrected chi connectivity index (χ3v) is 5.84. The van der Waals surface area contributed by atoms with Crippen LogP contribution in [0.1, 0.15) is 24.1 Å². The predicted molar refractivity (Wildman–Crippen MR) is 83.6 cm³/mol. The van der Waals surface area contributed by atoms with Gasteiger partial charge in [-0.1, -0.05) is 55.0 Å². The summed E-state index contributed by atoms with van der Waals surface area (Å²) in [4.78, 5) is 12.3. The average molecular weight is 315 g/mol. The molecule has 3 rings (SSSR count). The number of carbonyl (C=O) groups is 1. The molecule has 1 aliphatic rings. The van der Waals surface area contributed by atoms with Crippen molar-refractivity contribution in [3.8, 4) is 0 Å². The number of amides is 1. The molecule has 114 valence electrons. The first-order chi connectivity index (χ1) is 10.4. The van der Waals surface area contributed by atoms with Crippen LogP contribution in [0, 0.1) is 12.8 Å². The van der Waals surface area contributed by atoms with Crippen LogP contribution in [0.4, 0.5) is 0 Å². The summed E-state index contributed by atoms with van der Waals surface area (Å²) in [7, 11) is -3.81. The average Bonchev–Trinajstić information content (AvgIpc) is 2.52. The Morgan fingerprint density at radius 3 is 2.14 bits per heavy atom. The van der Waals surface area contributed by atoms with Gasteiger partial charge in [0.15, 0.2) is 0 Å². The lowest BCUT2D eigenvalue weighted by atomic mass is 9.87. The molecule has 0 aromatic heterocycles. The van der Waals surface area contributed by atoms with Crippen molar-refractivity contribution in [1.82, 2.24) is 4.31 Å². The van der Waals surface area contributed by atoms with Crippen LogP contribution >= 0.6 is 0 Å². The molecule has 1 fully saturated rings. The van der Waals surface area contributed by atoms with Gasteiger partial charge in [0.2, 0.25) is 5.91 Å². The number of rotatable bonds is 3. The fourth-order valence-corrected chi connectivity index (χ4v) is 4.47. The second-order valence-corrected chi connectivity index (χ2v) is 7.41. The van der Waals surface area contributed by atoms with E-state index in [4.69, 9.17) is 0 Å². The van der Waals surface area contributed by atoms with Crippen molar-refractivity contribution >= 4 is 15.9 Å². The molecule has 1 aliphatic heterocycles. The Balaban J connectivity index is 2.02. The van der Waals surface area contributed by atoms with E-state index in [0.717, 1.165) is 15.4 Å². The van der Waals surface area contributed by atoms with Gasteiger partial charge in [-0.15, -0.1) is 0 Å². The van der Waals surface area contributed by atoms with E-state index in [-0.39, 0.29) is 16.7 Å². The lowest BCUT2D eigenvalue weighted by molar-refractivity contribution is -0.145. The molecule has 2 atom stereocenters. The zero-order chi connectivity index (χ0) is 15.9. The van der Waals surface area contributed by atoms with Crippen LogP contribution in [-0.4, -0.2) is 18.6 Å². The summed E-state index contributed by atoms with van der Waals surface area (Å²) in [6.45, 7) is 3.65. The van der Waals surface area contributed by atoms with Gasteiger partial charge in [-0.3, -0.25) is 4.79 Å². The maximum absolute atomic E-state index is 12.8. The second kappa shape index (κ2) is 5.25. The Labute approximate surface area is 130 Å². The summed E-state index contributed by atoms with van der Waals surface area (Å²) < 4.78 is 26.6. The molecule has 1 amide bonds. The van der Waals surface area contributed by atoms with Crippen LogP contribution in [0.2, 0.25) is 0 Å². The number of carbonyl (C=O) groups excluding carboxylic acids is 1. The van der Waals surface area contributed by atoms with Crippen LogP contribution in [0.3, 0.4) is 0 Å². The van der Waals surface area contributed by atoms with Crippen LogP contribution in [0.5, 0.6) is 0 Å². The van der Waals surface area contributed by atoms with E-state index in [9.17, 15) is 13.2 Å². The molecule has 1 saturated heterocycles. The highest BCUT2D eigenvalue weighted by Crippen LogP contribution is 2.43. The number of hydrogen-bond acceptors (Lipinski definition) is 3. The molecule has 1 heterocycles. The highest BCUT2D eigenvalue weighted by atomic mass is 32.2. The molecular formula is C17H17NO3S. The zero-order valence-corrected chi connectivity index (χ0v) is 13.2. The summed E-state index contributed by atoms with van der Waals surface area (Å²) in [5.74, 6) is -0.683. The Morgan fingerprint density at radius 2 is 1.55 bits per heavy atom. The van der Waals surface area contributed by atoms with Crippen LogP contribution in [0.25, 0.3) is 0 Å². The SMILES string of the molecule is Cc1ccc(S(=O)(=O)N2C(=O)[C@H](C)[C@H]2c2ccccc2)cc1. The minimum Gasteiger partial charge on any atom is -0.273 e. The first kappa shape index (κ1) is 14.8. The molecule has 0 unspecified atom stereocenters. The zero-order valence-electron chi connectivity index (χ0n) is 12.4. The summed E-state index contributed by atoms with van der Waals surface area (Å²) >= 11 is 0. The van der Waals surface area contributed by atoms with Crippen LogP contribution in [0.15, 0.2) is 59.5 Å². The van der Waals surface area contributed by atoms with Crippen molar-refractivity contribution in [3.63, 3.8) is 0 Å². The standard InChI is InChI=1S/C17H17NO3S/c1-12-8-10-15(11-9-12)22(20,21)18-16(13(2)17(18)19)14-6-4-3-5-7-14/h3-11,13,16H,1-2H3/t13-,16+/m1/s1. The van der Waals surface area contributed by atoms with E-state index in [1.165, 1.54) is 0 Å². The smallest absolute Gasteiger partial charge is 0.267 e. The van der Waals surface area contributed by atoms with Crippen molar-refractivity contribution in [2.75, 3.05) is 0 Å². The molecule has 0 N–H and O–H groups in total. The van der Waals surface area contributed by atoms with Crippen LogP contribution in [-0.2, 0) is 14.8 Å². The molecule has 2 aromatic carbocycles. The molecule has 0 spiro atoms. The van der Waals surface area contributed by atoms with Gasteiger partial charge in [0, 0.05) is 0 Å². The molecule has 0 bridgehead atoms. The largest absolute Gasteiger partial charge is 0.273 e. The predicted octanol–water partition coefficient (Wildman–Crippen LogP) is 2.90. The van der Waals surface area contributed by atoms with E-state index in [0.29, 0.717) is 0 Å². The highest BCUT2D eigenvalue weighted by molar-refractivity contribution is 7.89. The molecule has 0 aliphatic carbocycles. The summed E-state index contributed by atoms with van der Waals surface area (Å²) in [5, 5.41) is 0. The Kier molecular flexibility index (Phi) is 3.53. The topological polar surface area (TPSA) is 54.5 Å². The van der Waals surface area contributed by atoms with Crippen molar-refractivity contribution < 1.29 is 13.2 Å². The lowest BCUT2D eigenvalue weighted by Gasteiger charge is -2.44. The molecule has 4 nitrogen and oxygen atoms in total. The molecule has 2 aromatic rings. The van der Waals surface area contributed by atoms with Crippen molar-refractivity contribution in [2.45, 2.75) is 24.8 Å². The van der Waals surface area contributed by atoms with Gasteiger partial charge in [0.05, 0.1) is 16.9 Å². The number of benzene rings is 2. The van der Waals surface area contributed by atoms with Gasteiger partial charge < -0.3 is 0 Å². The second-order valence-electron chi connectivity index (χ2n) is 5.60. The normalized spacial score (nSPS) is 21.5. The Hall–Kier alpha value is -2.14. The monoisotopic (exact) mass is 315 g/mol. The van der Waals surface area contributed by atoms with Gasteiger partial charge >= 0.3 is 0 Å². The Morgan fingerprint density at radius 1 is 0.955 bits per heavy atom. The molecule has 22 heavy (non-hydrogen) atoms. The van der Waals surface area contributed by atoms with Crippen molar-refractivity contribution in [1.29, 1.82) is 0 Å². The minimum absolute atomic E-state index is 0.152. The van der Waals surface area contributed by atoms with E-state index < -0.39 is 16.1 Å².